The van der Waals surface area contributed by atoms with Gasteiger partial charge in [-0.1, -0.05) is 13.0 Å². The normalized spacial score (nSPS) is 11.6. The van der Waals surface area contributed by atoms with E-state index in [0.29, 0.717) is 5.69 Å². The molecule has 0 saturated carbocycles. The summed E-state index contributed by atoms with van der Waals surface area (Å²) in [5.41, 5.74) is 1.57. The Morgan fingerprint density at radius 1 is 1.26 bits per heavy atom. The number of hydrogen-bond donors (Lipinski definition) is 2. The summed E-state index contributed by atoms with van der Waals surface area (Å²) in [7, 11) is 3.83. The number of rotatable bonds is 4. The van der Waals surface area contributed by atoms with Gasteiger partial charge < -0.3 is 15.5 Å². The van der Waals surface area contributed by atoms with Gasteiger partial charge in [-0.2, -0.15) is 0 Å². The number of nitrogens with one attached hydrogen (secondary N) is 2. The van der Waals surface area contributed by atoms with Crippen LogP contribution in [-0.2, 0) is 9.59 Å². The van der Waals surface area contributed by atoms with Crippen LogP contribution in [-0.4, -0.2) is 32.0 Å². The molecule has 0 aliphatic rings. The maximum atomic E-state index is 11.7. The Labute approximate surface area is 114 Å². The molecule has 1 atom stereocenters. The van der Waals surface area contributed by atoms with Gasteiger partial charge in [0, 0.05) is 31.5 Å². The molecule has 5 heteroatoms. The Morgan fingerprint density at radius 3 is 2.53 bits per heavy atom. The highest BCUT2D eigenvalue weighted by Crippen LogP contribution is 2.17. The highest BCUT2D eigenvalue weighted by atomic mass is 16.2. The zero-order valence-electron chi connectivity index (χ0n) is 11.9. The van der Waals surface area contributed by atoms with Crippen LogP contribution in [0.5, 0.6) is 0 Å². The third-order valence-corrected chi connectivity index (χ3v) is 2.82. The number of amides is 2. The first-order valence-corrected chi connectivity index (χ1v) is 6.33. The molecule has 1 unspecified atom stereocenters. The molecule has 1 aromatic rings. The van der Waals surface area contributed by atoms with E-state index in [1.165, 1.54) is 0 Å². The van der Waals surface area contributed by atoms with Gasteiger partial charge in [0.25, 0.3) is 0 Å². The minimum atomic E-state index is -0.642. The topological polar surface area (TPSA) is 61.4 Å². The van der Waals surface area contributed by atoms with Gasteiger partial charge in [0.05, 0.1) is 0 Å². The average molecular weight is 263 g/mol. The lowest BCUT2D eigenvalue weighted by atomic mass is 10.2. The van der Waals surface area contributed by atoms with Crippen LogP contribution < -0.4 is 15.5 Å². The number of hydrogen-bond acceptors (Lipinski definition) is 3. The summed E-state index contributed by atoms with van der Waals surface area (Å²) < 4.78 is 0. The lowest BCUT2D eigenvalue weighted by Crippen LogP contribution is -2.40. The minimum Gasteiger partial charge on any atom is -0.378 e. The first-order valence-electron chi connectivity index (χ1n) is 6.33. The fraction of sp³-hybridized carbons (Fsp3) is 0.429. The van der Waals surface area contributed by atoms with Gasteiger partial charge >= 0.3 is 11.8 Å². The molecule has 0 saturated heterocycles. The Balaban J connectivity index is 2.66. The molecule has 5 nitrogen and oxygen atoms in total. The van der Waals surface area contributed by atoms with Crippen molar-refractivity contribution in [1.29, 1.82) is 0 Å². The lowest BCUT2D eigenvalue weighted by Gasteiger charge is -2.14. The summed E-state index contributed by atoms with van der Waals surface area (Å²) in [6.45, 7) is 3.81. The highest BCUT2D eigenvalue weighted by Gasteiger charge is 2.15. The fourth-order valence-corrected chi connectivity index (χ4v) is 1.44. The first kappa shape index (κ1) is 15.0. The van der Waals surface area contributed by atoms with Crippen molar-refractivity contribution in [2.75, 3.05) is 24.3 Å². The van der Waals surface area contributed by atoms with E-state index in [-0.39, 0.29) is 6.04 Å². The maximum Gasteiger partial charge on any atom is 0.313 e. The molecule has 0 fully saturated rings. The number of nitrogens with zero attached hydrogens (tertiary/aromatic N) is 1. The molecule has 0 heterocycles. The molecule has 0 aliphatic heterocycles. The van der Waals surface area contributed by atoms with Crippen molar-refractivity contribution in [3.8, 4) is 0 Å². The molecular weight excluding hydrogens is 242 g/mol. The summed E-state index contributed by atoms with van der Waals surface area (Å²) in [4.78, 5) is 25.2. The summed E-state index contributed by atoms with van der Waals surface area (Å²) in [5.74, 6) is -1.25. The summed E-state index contributed by atoms with van der Waals surface area (Å²) in [6.07, 6.45) is 0.787. The van der Waals surface area contributed by atoms with Crippen molar-refractivity contribution in [3.63, 3.8) is 0 Å². The van der Waals surface area contributed by atoms with E-state index in [0.717, 1.165) is 12.1 Å². The standard InChI is InChI=1S/C14H21N3O2/c1-5-10(2)15-13(18)14(19)16-11-7-6-8-12(9-11)17(3)4/h6-10H,5H2,1-4H3,(H,15,18)(H,16,19). The van der Waals surface area contributed by atoms with E-state index in [9.17, 15) is 9.59 Å². The molecule has 0 spiro atoms. The second-order valence-electron chi connectivity index (χ2n) is 4.68. The molecule has 0 bridgehead atoms. The van der Waals surface area contributed by atoms with E-state index in [1.807, 2.05) is 51.0 Å². The van der Waals surface area contributed by atoms with Crippen molar-refractivity contribution in [1.82, 2.24) is 5.32 Å². The van der Waals surface area contributed by atoms with Crippen molar-refractivity contribution in [2.45, 2.75) is 26.3 Å². The van der Waals surface area contributed by atoms with Crippen LogP contribution in [0.15, 0.2) is 24.3 Å². The van der Waals surface area contributed by atoms with E-state index >= 15 is 0 Å². The Bertz CT molecular complexity index is 458. The van der Waals surface area contributed by atoms with E-state index in [4.69, 9.17) is 0 Å². The fourth-order valence-electron chi connectivity index (χ4n) is 1.44. The van der Waals surface area contributed by atoms with Crippen LogP contribution in [0, 0.1) is 0 Å². The average Bonchev–Trinajstić information content (AvgIpc) is 2.38. The van der Waals surface area contributed by atoms with Gasteiger partial charge in [-0.05, 0) is 31.5 Å². The van der Waals surface area contributed by atoms with Gasteiger partial charge in [0.15, 0.2) is 0 Å². The molecule has 19 heavy (non-hydrogen) atoms. The van der Waals surface area contributed by atoms with Crippen LogP contribution in [0.3, 0.4) is 0 Å². The molecular formula is C14H21N3O2. The van der Waals surface area contributed by atoms with E-state index < -0.39 is 11.8 Å². The Kier molecular flexibility index (Phi) is 5.36. The van der Waals surface area contributed by atoms with E-state index in [1.54, 1.807) is 6.07 Å². The van der Waals surface area contributed by atoms with Gasteiger partial charge in [0.1, 0.15) is 0 Å². The first-order chi connectivity index (χ1) is 8.93. The number of carbonyl (C=O) groups excluding carboxylic acids is 2. The van der Waals surface area contributed by atoms with Crippen molar-refractivity contribution in [2.24, 2.45) is 0 Å². The quantitative estimate of drug-likeness (QED) is 0.811. The monoisotopic (exact) mass is 263 g/mol. The minimum absolute atomic E-state index is 0.00800. The Hall–Kier alpha value is -2.04. The number of carbonyl (C=O) groups is 2. The summed E-state index contributed by atoms with van der Waals surface area (Å²) in [6, 6.07) is 7.31. The van der Waals surface area contributed by atoms with Crippen LogP contribution in [0.25, 0.3) is 0 Å². The molecule has 2 amide bonds. The van der Waals surface area contributed by atoms with Gasteiger partial charge in [-0.15, -0.1) is 0 Å². The second-order valence-corrected chi connectivity index (χ2v) is 4.68. The molecule has 104 valence electrons. The lowest BCUT2D eigenvalue weighted by molar-refractivity contribution is -0.136. The predicted molar refractivity (Wildman–Crippen MR) is 77.3 cm³/mol. The SMILES string of the molecule is CCC(C)NC(=O)C(=O)Nc1cccc(N(C)C)c1. The molecule has 1 aromatic carbocycles. The van der Waals surface area contributed by atoms with Crippen LogP contribution >= 0.6 is 0 Å². The number of anilines is 2. The molecule has 0 aliphatic carbocycles. The zero-order chi connectivity index (χ0) is 14.4. The molecule has 1 rings (SSSR count). The third kappa shape index (κ3) is 4.62. The van der Waals surface area contributed by atoms with Gasteiger partial charge in [-0.25, -0.2) is 0 Å². The summed E-state index contributed by atoms with van der Waals surface area (Å²) in [5, 5.41) is 5.21. The van der Waals surface area contributed by atoms with Crippen molar-refractivity contribution < 1.29 is 9.59 Å². The van der Waals surface area contributed by atoms with Crippen molar-refractivity contribution in [3.05, 3.63) is 24.3 Å². The van der Waals surface area contributed by atoms with Gasteiger partial charge in [-0.3, -0.25) is 9.59 Å². The van der Waals surface area contributed by atoms with Crippen LogP contribution in [0.1, 0.15) is 20.3 Å². The maximum absolute atomic E-state index is 11.7. The van der Waals surface area contributed by atoms with Gasteiger partial charge in [0.2, 0.25) is 0 Å². The van der Waals surface area contributed by atoms with E-state index in [2.05, 4.69) is 10.6 Å². The van der Waals surface area contributed by atoms with Crippen LogP contribution in [0.2, 0.25) is 0 Å². The molecule has 0 radical (unpaired) electrons. The Morgan fingerprint density at radius 2 is 1.95 bits per heavy atom. The third-order valence-electron chi connectivity index (χ3n) is 2.82. The second kappa shape index (κ2) is 6.78. The van der Waals surface area contributed by atoms with Crippen molar-refractivity contribution >= 4 is 23.2 Å². The van der Waals surface area contributed by atoms with Crippen LogP contribution in [0.4, 0.5) is 11.4 Å². The largest absolute Gasteiger partial charge is 0.378 e. The highest BCUT2D eigenvalue weighted by molar-refractivity contribution is 6.39. The molecule has 2 N–H and O–H groups in total. The number of benzene rings is 1. The smallest absolute Gasteiger partial charge is 0.313 e. The molecule has 0 aromatic heterocycles. The summed E-state index contributed by atoms with van der Waals surface area (Å²) >= 11 is 0. The zero-order valence-corrected chi connectivity index (χ0v) is 11.9. The predicted octanol–water partition coefficient (Wildman–Crippen LogP) is 1.61.